The Kier molecular flexibility index (Phi) is 4.58. The van der Waals surface area contributed by atoms with Gasteiger partial charge in [-0.05, 0) is 37.8 Å². The van der Waals surface area contributed by atoms with Gasteiger partial charge in [-0.15, -0.1) is 11.3 Å². The number of rotatable bonds is 4. The van der Waals surface area contributed by atoms with Crippen molar-refractivity contribution >= 4 is 23.2 Å². The highest BCUT2D eigenvalue weighted by Crippen LogP contribution is 2.22. The second kappa shape index (κ2) is 6.19. The molecular formula is C14H20N2O2S. The molecule has 1 aliphatic heterocycles. The number of hydrogen-bond acceptors (Lipinski definition) is 3. The molecule has 1 fully saturated rings. The lowest BCUT2D eigenvalue weighted by atomic mass is 10.2. The lowest BCUT2D eigenvalue weighted by Gasteiger charge is -2.15. The van der Waals surface area contributed by atoms with Crippen LogP contribution in [0.2, 0.25) is 0 Å². The second-order valence-corrected chi connectivity index (χ2v) is 5.98. The van der Waals surface area contributed by atoms with E-state index in [2.05, 4.69) is 12.2 Å². The van der Waals surface area contributed by atoms with Gasteiger partial charge in [0.05, 0.1) is 11.4 Å². The first kappa shape index (κ1) is 14.1. The third kappa shape index (κ3) is 3.35. The molecule has 1 aromatic heterocycles. The molecule has 0 atom stereocenters. The number of carbonyl (C=O) groups is 2. The maximum atomic E-state index is 12.0. The van der Waals surface area contributed by atoms with Gasteiger partial charge in [-0.1, -0.05) is 6.92 Å². The lowest BCUT2D eigenvalue weighted by molar-refractivity contribution is -0.129. The molecule has 104 valence electrons. The Hall–Kier alpha value is -1.36. The van der Waals surface area contributed by atoms with Crippen molar-refractivity contribution in [3.8, 4) is 0 Å². The van der Waals surface area contributed by atoms with Crippen LogP contribution < -0.4 is 5.32 Å². The average molecular weight is 280 g/mol. The SMILES string of the molecule is CCc1sc(C(=O)NCC(=O)N2CCCC2)cc1C. The molecule has 4 nitrogen and oxygen atoms in total. The van der Waals surface area contributed by atoms with Crippen molar-refractivity contribution < 1.29 is 9.59 Å². The standard InChI is InChI=1S/C14H20N2O2S/c1-3-11-10(2)8-12(19-11)14(18)15-9-13(17)16-6-4-5-7-16/h8H,3-7,9H2,1-2H3,(H,15,18). The van der Waals surface area contributed by atoms with Crippen LogP contribution in [0.15, 0.2) is 6.07 Å². The van der Waals surface area contributed by atoms with Gasteiger partial charge in [0.15, 0.2) is 0 Å². The van der Waals surface area contributed by atoms with Crippen molar-refractivity contribution in [1.29, 1.82) is 0 Å². The summed E-state index contributed by atoms with van der Waals surface area (Å²) < 4.78 is 0. The van der Waals surface area contributed by atoms with Gasteiger partial charge in [0.1, 0.15) is 0 Å². The zero-order valence-corrected chi connectivity index (χ0v) is 12.3. The average Bonchev–Trinajstić information content (AvgIpc) is 3.04. The molecule has 1 aromatic rings. The molecule has 0 bridgehead atoms. The molecule has 1 aliphatic rings. The topological polar surface area (TPSA) is 49.4 Å². The van der Waals surface area contributed by atoms with E-state index in [1.165, 1.54) is 16.2 Å². The van der Waals surface area contributed by atoms with Crippen molar-refractivity contribution in [2.24, 2.45) is 0 Å². The van der Waals surface area contributed by atoms with E-state index in [1.807, 2.05) is 17.9 Å². The Labute approximate surface area is 117 Å². The summed E-state index contributed by atoms with van der Waals surface area (Å²) in [7, 11) is 0. The van der Waals surface area contributed by atoms with Gasteiger partial charge < -0.3 is 10.2 Å². The van der Waals surface area contributed by atoms with E-state index in [1.54, 1.807) is 0 Å². The van der Waals surface area contributed by atoms with Gasteiger partial charge in [0.25, 0.3) is 5.91 Å². The third-order valence-corrected chi connectivity index (χ3v) is 4.80. The van der Waals surface area contributed by atoms with E-state index in [0.717, 1.165) is 37.9 Å². The third-order valence-electron chi connectivity index (χ3n) is 3.42. The summed E-state index contributed by atoms with van der Waals surface area (Å²) in [4.78, 5) is 27.5. The van der Waals surface area contributed by atoms with Crippen LogP contribution in [-0.4, -0.2) is 36.3 Å². The highest BCUT2D eigenvalue weighted by atomic mass is 32.1. The summed E-state index contributed by atoms with van der Waals surface area (Å²) in [5.74, 6) is -0.116. The fraction of sp³-hybridized carbons (Fsp3) is 0.571. The number of likely N-dealkylation sites (tertiary alicyclic amines) is 1. The van der Waals surface area contributed by atoms with Crippen LogP contribution in [0.25, 0.3) is 0 Å². The van der Waals surface area contributed by atoms with Crippen molar-refractivity contribution in [2.75, 3.05) is 19.6 Å². The predicted molar refractivity (Wildman–Crippen MR) is 76.6 cm³/mol. The van der Waals surface area contributed by atoms with Crippen LogP contribution in [0.1, 0.15) is 39.9 Å². The molecule has 0 unspecified atom stereocenters. The van der Waals surface area contributed by atoms with Crippen LogP contribution in [-0.2, 0) is 11.2 Å². The van der Waals surface area contributed by atoms with E-state index in [4.69, 9.17) is 0 Å². The highest BCUT2D eigenvalue weighted by Gasteiger charge is 2.19. The van der Waals surface area contributed by atoms with E-state index in [9.17, 15) is 9.59 Å². The lowest BCUT2D eigenvalue weighted by Crippen LogP contribution is -2.38. The molecule has 0 aromatic carbocycles. The molecule has 0 saturated carbocycles. The molecule has 0 radical (unpaired) electrons. The Bertz CT molecular complexity index is 476. The quantitative estimate of drug-likeness (QED) is 0.916. The van der Waals surface area contributed by atoms with Gasteiger partial charge in [-0.3, -0.25) is 9.59 Å². The molecule has 5 heteroatoms. The fourth-order valence-corrected chi connectivity index (χ4v) is 3.33. The first-order chi connectivity index (χ1) is 9.11. The Morgan fingerprint density at radius 1 is 1.37 bits per heavy atom. The first-order valence-electron chi connectivity index (χ1n) is 6.77. The van der Waals surface area contributed by atoms with Crippen molar-refractivity contribution in [2.45, 2.75) is 33.1 Å². The molecule has 0 aliphatic carbocycles. The number of thiophene rings is 1. The number of nitrogens with zero attached hydrogens (tertiary/aromatic N) is 1. The summed E-state index contributed by atoms with van der Waals surface area (Å²) >= 11 is 1.51. The summed E-state index contributed by atoms with van der Waals surface area (Å²) in [6.45, 7) is 5.86. The van der Waals surface area contributed by atoms with Crippen LogP contribution in [0, 0.1) is 6.92 Å². The smallest absolute Gasteiger partial charge is 0.261 e. The molecule has 0 spiro atoms. The van der Waals surface area contributed by atoms with Crippen molar-refractivity contribution in [3.05, 3.63) is 21.4 Å². The normalized spacial score (nSPS) is 14.7. The van der Waals surface area contributed by atoms with Gasteiger partial charge in [-0.2, -0.15) is 0 Å². The minimum absolute atomic E-state index is 0.0230. The minimum atomic E-state index is -0.139. The molecule has 2 rings (SSSR count). The molecule has 1 N–H and O–H groups in total. The van der Waals surface area contributed by atoms with Gasteiger partial charge in [-0.25, -0.2) is 0 Å². The number of amides is 2. The summed E-state index contributed by atoms with van der Waals surface area (Å²) in [6, 6.07) is 1.90. The van der Waals surface area contributed by atoms with Crippen LogP contribution in [0.3, 0.4) is 0 Å². The Balaban J connectivity index is 1.88. The number of hydrogen-bond donors (Lipinski definition) is 1. The summed E-state index contributed by atoms with van der Waals surface area (Å²) in [6.07, 6.45) is 3.09. The molecule has 1 saturated heterocycles. The maximum absolute atomic E-state index is 12.0. The van der Waals surface area contributed by atoms with Gasteiger partial charge in [0, 0.05) is 18.0 Å². The van der Waals surface area contributed by atoms with E-state index < -0.39 is 0 Å². The van der Waals surface area contributed by atoms with Crippen LogP contribution in [0.4, 0.5) is 0 Å². The zero-order chi connectivity index (χ0) is 13.8. The first-order valence-corrected chi connectivity index (χ1v) is 7.58. The predicted octanol–water partition coefficient (Wildman–Crippen LogP) is 1.97. The molecule has 2 amide bonds. The van der Waals surface area contributed by atoms with Gasteiger partial charge >= 0.3 is 0 Å². The number of aryl methyl sites for hydroxylation is 2. The van der Waals surface area contributed by atoms with E-state index in [-0.39, 0.29) is 18.4 Å². The zero-order valence-electron chi connectivity index (χ0n) is 11.5. The summed E-state index contributed by atoms with van der Waals surface area (Å²) in [5.41, 5.74) is 1.16. The largest absolute Gasteiger partial charge is 0.342 e. The maximum Gasteiger partial charge on any atom is 0.261 e. The molecule has 2 heterocycles. The highest BCUT2D eigenvalue weighted by molar-refractivity contribution is 7.14. The monoisotopic (exact) mass is 280 g/mol. The van der Waals surface area contributed by atoms with Crippen LogP contribution in [0.5, 0.6) is 0 Å². The number of carbonyl (C=O) groups excluding carboxylic acids is 2. The minimum Gasteiger partial charge on any atom is -0.342 e. The Morgan fingerprint density at radius 2 is 2.05 bits per heavy atom. The van der Waals surface area contributed by atoms with E-state index >= 15 is 0 Å². The second-order valence-electron chi connectivity index (χ2n) is 4.84. The van der Waals surface area contributed by atoms with Crippen molar-refractivity contribution in [1.82, 2.24) is 10.2 Å². The molecule has 19 heavy (non-hydrogen) atoms. The Morgan fingerprint density at radius 3 is 2.63 bits per heavy atom. The fourth-order valence-electron chi connectivity index (χ4n) is 2.30. The number of nitrogens with one attached hydrogen (secondary N) is 1. The molecular weight excluding hydrogens is 260 g/mol. The van der Waals surface area contributed by atoms with Gasteiger partial charge in [0.2, 0.25) is 5.91 Å². The van der Waals surface area contributed by atoms with Crippen molar-refractivity contribution in [3.63, 3.8) is 0 Å². The summed E-state index contributed by atoms with van der Waals surface area (Å²) in [5, 5.41) is 2.72. The van der Waals surface area contributed by atoms with E-state index in [0.29, 0.717) is 4.88 Å². The van der Waals surface area contributed by atoms with Crippen LogP contribution >= 0.6 is 11.3 Å².